The average molecular weight is 191 g/mol. The van der Waals surface area contributed by atoms with Crippen molar-refractivity contribution in [3.8, 4) is 0 Å². The van der Waals surface area contributed by atoms with Crippen LogP contribution in [-0.4, -0.2) is 19.6 Å². The maximum atomic E-state index is 5.70. The molecule has 0 saturated carbocycles. The third-order valence-electron chi connectivity index (χ3n) is 2.09. The molecule has 0 fully saturated rings. The number of anilines is 1. The Hall–Kier alpha value is -1.78. The highest BCUT2D eigenvalue weighted by Crippen LogP contribution is 2.08. The van der Waals surface area contributed by atoms with Gasteiger partial charge in [-0.25, -0.2) is 0 Å². The number of aromatic nitrogens is 4. The molecule has 2 N–H and O–H groups in total. The van der Waals surface area contributed by atoms with Crippen LogP contribution in [0.1, 0.15) is 11.3 Å². The zero-order chi connectivity index (χ0) is 10.1. The van der Waals surface area contributed by atoms with E-state index in [0.29, 0.717) is 6.54 Å². The quantitative estimate of drug-likeness (QED) is 0.754. The molecule has 0 aliphatic rings. The molecule has 2 rings (SSSR count). The third-order valence-corrected chi connectivity index (χ3v) is 2.09. The van der Waals surface area contributed by atoms with Gasteiger partial charge in [0.1, 0.15) is 0 Å². The van der Waals surface area contributed by atoms with E-state index in [1.807, 2.05) is 37.2 Å². The Balaban J connectivity index is 2.18. The fourth-order valence-corrected chi connectivity index (χ4v) is 1.35. The van der Waals surface area contributed by atoms with E-state index < -0.39 is 0 Å². The molecule has 0 unspecified atom stereocenters. The number of nitrogens with two attached hydrogens (primary N) is 1. The maximum absolute atomic E-state index is 5.70. The van der Waals surface area contributed by atoms with Crippen molar-refractivity contribution in [3.63, 3.8) is 0 Å². The van der Waals surface area contributed by atoms with E-state index in [1.165, 1.54) is 0 Å². The fraction of sp³-hybridized carbons (Fsp3) is 0.333. The van der Waals surface area contributed by atoms with Gasteiger partial charge in [0.15, 0.2) is 0 Å². The van der Waals surface area contributed by atoms with E-state index in [0.717, 1.165) is 16.9 Å². The molecule has 0 aliphatic heterocycles. The van der Waals surface area contributed by atoms with Crippen LogP contribution in [0, 0.1) is 6.92 Å². The van der Waals surface area contributed by atoms with Crippen LogP contribution >= 0.6 is 0 Å². The lowest BCUT2D eigenvalue weighted by molar-refractivity contribution is 0.678. The summed E-state index contributed by atoms with van der Waals surface area (Å²) in [5, 5.41) is 8.36. The van der Waals surface area contributed by atoms with Gasteiger partial charge >= 0.3 is 0 Å². The van der Waals surface area contributed by atoms with Crippen LogP contribution in [0.25, 0.3) is 0 Å². The van der Waals surface area contributed by atoms with E-state index in [9.17, 15) is 0 Å². The lowest BCUT2D eigenvalue weighted by Crippen LogP contribution is -1.99. The van der Waals surface area contributed by atoms with Crippen LogP contribution in [-0.2, 0) is 13.6 Å². The lowest BCUT2D eigenvalue weighted by Gasteiger charge is -1.96. The second kappa shape index (κ2) is 3.17. The van der Waals surface area contributed by atoms with E-state index in [4.69, 9.17) is 5.73 Å². The first-order valence-electron chi connectivity index (χ1n) is 4.42. The van der Waals surface area contributed by atoms with Crippen molar-refractivity contribution < 1.29 is 0 Å². The van der Waals surface area contributed by atoms with E-state index >= 15 is 0 Å². The van der Waals surface area contributed by atoms with Crippen LogP contribution in [0.5, 0.6) is 0 Å². The maximum Gasteiger partial charge on any atom is 0.0823 e. The van der Waals surface area contributed by atoms with Gasteiger partial charge in [-0.15, -0.1) is 0 Å². The summed E-state index contributed by atoms with van der Waals surface area (Å²) in [5.74, 6) is 0. The molecule has 0 radical (unpaired) electrons. The molecule has 74 valence electrons. The number of nitrogen functional groups attached to an aromatic ring is 1. The standard InChI is InChI=1S/C9H13N5/c1-7-9(10)6-14(12-7)5-8-3-11-13(2)4-8/h3-4,6H,5,10H2,1-2H3. The van der Waals surface area contributed by atoms with Gasteiger partial charge < -0.3 is 5.73 Å². The molecule has 0 aliphatic carbocycles. The van der Waals surface area contributed by atoms with Crippen molar-refractivity contribution in [2.45, 2.75) is 13.5 Å². The topological polar surface area (TPSA) is 61.7 Å². The Morgan fingerprint density at radius 2 is 2.21 bits per heavy atom. The molecule has 2 aromatic heterocycles. The number of hydrogen-bond acceptors (Lipinski definition) is 3. The highest BCUT2D eigenvalue weighted by Gasteiger charge is 2.02. The molecule has 5 nitrogen and oxygen atoms in total. The summed E-state index contributed by atoms with van der Waals surface area (Å²) in [7, 11) is 1.90. The van der Waals surface area contributed by atoms with Crippen molar-refractivity contribution in [2.75, 3.05) is 5.73 Å². The minimum absolute atomic E-state index is 0.714. The van der Waals surface area contributed by atoms with Gasteiger partial charge in [0.25, 0.3) is 0 Å². The summed E-state index contributed by atoms with van der Waals surface area (Å²) >= 11 is 0. The molecule has 0 saturated heterocycles. The average Bonchev–Trinajstić information content (AvgIpc) is 2.62. The molecule has 0 bridgehead atoms. The molecule has 14 heavy (non-hydrogen) atoms. The first kappa shape index (κ1) is 8.80. The summed E-state index contributed by atoms with van der Waals surface area (Å²) < 4.78 is 3.59. The SMILES string of the molecule is Cc1nn(Cc2cnn(C)c2)cc1N. The van der Waals surface area contributed by atoms with Crippen LogP contribution in [0.15, 0.2) is 18.6 Å². The molecule has 0 atom stereocenters. The van der Waals surface area contributed by atoms with Crippen LogP contribution < -0.4 is 5.73 Å². The summed E-state index contributed by atoms with van der Waals surface area (Å²) in [5.41, 5.74) is 8.42. The van der Waals surface area contributed by atoms with Gasteiger partial charge in [0.05, 0.1) is 24.1 Å². The summed E-state index contributed by atoms with van der Waals surface area (Å²) in [4.78, 5) is 0. The fourth-order valence-electron chi connectivity index (χ4n) is 1.35. The van der Waals surface area contributed by atoms with Crippen molar-refractivity contribution in [1.29, 1.82) is 0 Å². The van der Waals surface area contributed by atoms with Crippen molar-refractivity contribution >= 4 is 5.69 Å². The number of rotatable bonds is 2. The largest absolute Gasteiger partial charge is 0.396 e. The van der Waals surface area contributed by atoms with Crippen molar-refractivity contribution in [2.24, 2.45) is 7.05 Å². The van der Waals surface area contributed by atoms with Crippen LogP contribution in [0.3, 0.4) is 0 Å². The molecule has 2 aromatic rings. The van der Waals surface area contributed by atoms with Gasteiger partial charge in [-0.2, -0.15) is 10.2 Å². The molecular weight excluding hydrogens is 178 g/mol. The van der Waals surface area contributed by atoms with Crippen LogP contribution in [0.2, 0.25) is 0 Å². The van der Waals surface area contributed by atoms with Crippen molar-refractivity contribution in [3.05, 3.63) is 29.8 Å². The van der Waals surface area contributed by atoms with E-state index in [1.54, 1.807) is 4.68 Å². The predicted octanol–water partition coefficient (Wildman–Crippen LogP) is 0.556. The summed E-state index contributed by atoms with van der Waals surface area (Å²) in [6, 6.07) is 0. The highest BCUT2D eigenvalue weighted by molar-refractivity contribution is 5.39. The van der Waals surface area contributed by atoms with Gasteiger partial charge in [0.2, 0.25) is 0 Å². The first-order chi connectivity index (χ1) is 6.65. The zero-order valence-electron chi connectivity index (χ0n) is 8.31. The van der Waals surface area contributed by atoms with Gasteiger partial charge in [-0.3, -0.25) is 9.36 Å². The van der Waals surface area contributed by atoms with E-state index in [-0.39, 0.29) is 0 Å². The number of hydrogen-bond donors (Lipinski definition) is 1. The van der Waals surface area contributed by atoms with Crippen LogP contribution in [0.4, 0.5) is 5.69 Å². The Kier molecular flexibility index (Phi) is 1.99. The smallest absolute Gasteiger partial charge is 0.0823 e. The van der Waals surface area contributed by atoms with Gasteiger partial charge in [-0.05, 0) is 6.92 Å². The first-order valence-corrected chi connectivity index (χ1v) is 4.42. The predicted molar refractivity (Wildman–Crippen MR) is 53.7 cm³/mol. The monoisotopic (exact) mass is 191 g/mol. The molecule has 5 heteroatoms. The second-order valence-electron chi connectivity index (χ2n) is 3.39. The summed E-state index contributed by atoms with van der Waals surface area (Å²) in [6.07, 6.45) is 5.63. The Labute approximate surface area is 82.1 Å². The number of aryl methyl sites for hydroxylation is 2. The molecule has 0 aromatic carbocycles. The Bertz CT molecular complexity index is 420. The molecule has 2 heterocycles. The van der Waals surface area contributed by atoms with E-state index in [2.05, 4.69) is 10.2 Å². The molecule has 0 spiro atoms. The number of nitrogens with zero attached hydrogens (tertiary/aromatic N) is 4. The van der Waals surface area contributed by atoms with Crippen molar-refractivity contribution in [1.82, 2.24) is 19.6 Å². The summed E-state index contributed by atoms with van der Waals surface area (Å²) in [6.45, 7) is 2.61. The Morgan fingerprint density at radius 3 is 2.71 bits per heavy atom. The van der Waals surface area contributed by atoms with Gasteiger partial charge in [0, 0.05) is 25.0 Å². The van der Waals surface area contributed by atoms with Gasteiger partial charge in [-0.1, -0.05) is 0 Å². The molecule has 0 amide bonds. The minimum Gasteiger partial charge on any atom is -0.396 e. The highest BCUT2D eigenvalue weighted by atomic mass is 15.3. The minimum atomic E-state index is 0.714. The lowest BCUT2D eigenvalue weighted by atomic mass is 10.4. The normalized spacial score (nSPS) is 10.7. The Morgan fingerprint density at radius 1 is 1.43 bits per heavy atom. The zero-order valence-corrected chi connectivity index (χ0v) is 8.31. The molecular formula is C9H13N5. The third kappa shape index (κ3) is 1.61. The second-order valence-corrected chi connectivity index (χ2v) is 3.39.